The molecule has 39 heavy (non-hydrogen) atoms. The van der Waals surface area contributed by atoms with E-state index >= 15 is 0 Å². The number of carboxylic acids is 1. The van der Waals surface area contributed by atoms with Crippen LogP contribution in [0.25, 0.3) is 44.3 Å². The molecule has 3 aliphatic rings. The van der Waals surface area contributed by atoms with Crippen LogP contribution in [0, 0.1) is 29.4 Å². The number of aromatic amines is 1. The molecular weight excluding hydrogens is 498 g/mol. The van der Waals surface area contributed by atoms with Gasteiger partial charge in [0.15, 0.2) is 5.82 Å². The van der Waals surface area contributed by atoms with Crippen LogP contribution in [0.4, 0.5) is 14.6 Å². The van der Waals surface area contributed by atoms with Crippen molar-refractivity contribution in [3.8, 4) is 22.5 Å². The fraction of sp³-hybridized carbons (Fsp3) is 0.258. The molecule has 8 heteroatoms. The fourth-order valence-corrected chi connectivity index (χ4v) is 6.74. The molecule has 196 valence electrons. The number of carbonyl (C=O) groups is 1. The molecule has 0 radical (unpaired) electrons. The number of aromatic nitrogens is 3. The first-order chi connectivity index (χ1) is 19.0. The summed E-state index contributed by atoms with van der Waals surface area (Å²) in [5.41, 5.74) is 3.18. The number of carboxylic acid groups (broad SMARTS) is 1. The van der Waals surface area contributed by atoms with Gasteiger partial charge in [0.2, 0.25) is 0 Å². The lowest BCUT2D eigenvalue weighted by Gasteiger charge is -2.47. The summed E-state index contributed by atoms with van der Waals surface area (Å²) >= 11 is 0. The van der Waals surface area contributed by atoms with Gasteiger partial charge >= 0.3 is 5.97 Å². The lowest BCUT2D eigenvalue weighted by atomic mass is 9.61. The van der Waals surface area contributed by atoms with Gasteiger partial charge < -0.3 is 15.4 Å². The average Bonchev–Trinajstić information content (AvgIpc) is 3.38. The molecular formula is C31H26F2N4O2. The van der Waals surface area contributed by atoms with Gasteiger partial charge in [-0.3, -0.25) is 4.79 Å². The average molecular weight is 525 g/mol. The Hall–Kier alpha value is -4.33. The number of para-hydroxylation sites is 1. The summed E-state index contributed by atoms with van der Waals surface area (Å²) in [6.07, 6.45) is 5.42. The van der Waals surface area contributed by atoms with Gasteiger partial charge in [-0.15, -0.1) is 0 Å². The van der Waals surface area contributed by atoms with Gasteiger partial charge in [0.25, 0.3) is 0 Å². The highest BCUT2D eigenvalue weighted by molar-refractivity contribution is 6.02. The fourth-order valence-electron chi connectivity index (χ4n) is 6.74. The van der Waals surface area contributed by atoms with E-state index < -0.39 is 23.5 Å². The number of nitrogens with zero attached hydrogens (tertiary/aromatic N) is 2. The zero-order chi connectivity index (χ0) is 26.7. The number of fused-ring (bicyclic) bond motifs is 5. The lowest BCUT2D eigenvalue weighted by Crippen LogP contribution is -2.51. The minimum atomic E-state index is -0.784. The highest BCUT2D eigenvalue weighted by Gasteiger charge is 2.47. The van der Waals surface area contributed by atoms with Crippen molar-refractivity contribution >= 4 is 33.6 Å². The molecule has 5 aromatic rings. The van der Waals surface area contributed by atoms with Crippen molar-refractivity contribution in [3.05, 3.63) is 78.5 Å². The topological polar surface area (TPSA) is 90.9 Å². The third-order valence-electron chi connectivity index (χ3n) is 8.57. The number of aliphatic carboxylic acids is 1. The minimum Gasteiger partial charge on any atom is -0.481 e. The summed E-state index contributed by atoms with van der Waals surface area (Å²) in [4.78, 5) is 25.1. The van der Waals surface area contributed by atoms with Crippen LogP contribution in [0.1, 0.15) is 25.7 Å². The molecule has 2 aromatic heterocycles. The maximum absolute atomic E-state index is 14.5. The number of hydrogen-bond acceptors (Lipinski definition) is 4. The second-order valence-electron chi connectivity index (χ2n) is 10.7. The maximum atomic E-state index is 14.5. The molecule has 0 saturated heterocycles. The number of benzene rings is 3. The van der Waals surface area contributed by atoms with Crippen LogP contribution in [0.15, 0.2) is 66.9 Å². The van der Waals surface area contributed by atoms with E-state index in [4.69, 9.17) is 9.97 Å². The van der Waals surface area contributed by atoms with E-state index in [-0.39, 0.29) is 23.4 Å². The Morgan fingerprint density at radius 2 is 1.67 bits per heavy atom. The van der Waals surface area contributed by atoms with Crippen molar-refractivity contribution in [2.75, 3.05) is 5.32 Å². The summed E-state index contributed by atoms with van der Waals surface area (Å²) in [6.45, 7) is 0. The first-order valence-corrected chi connectivity index (χ1v) is 13.3. The molecule has 2 atom stereocenters. The van der Waals surface area contributed by atoms with Crippen LogP contribution in [0.3, 0.4) is 0 Å². The summed E-state index contributed by atoms with van der Waals surface area (Å²) in [7, 11) is 0. The highest BCUT2D eigenvalue weighted by Crippen LogP contribution is 2.47. The molecule has 3 saturated carbocycles. The Labute approximate surface area is 223 Å². The lowest BCUT2D eigenvalue weighted by molar-refractivity contribution is -0.148. The van der Waals surface area contributed by atoms with E-state index in [2.05, 4.69) is 10.3 Å². The van der Waals surface area contributed by atoms with Crippen molar-refractivity contribution in [1.82, 2.24) is 15.0 Å². The van der Waals surface area contributed by atoms with Crippen molar-refractivity contribution in [2.24, 2.45) is 17.8 Å². The first-order valence-electron chi connectivity index (χ1n) is 13.3. The van der Waals surface area contributed by atoms with E-state index in [0.29, 0.717) is 28.1 Å². The van der Waals surface area contributed by atoms with Gasteiger partial charge in [-0.2, -0.15) is 0 Å². The van der Waals surface area contributed by atoms with Crippen LogP contribution in [0.2, 0.25) is 0 Å². The third kappa shape index (κ3) is 3.93. The maximum Gasteiger partial charge on any atom is 0.308 e. The zero-order valence-corrected chi connectivity index (χ0v) is 21.0. The molecule has 2 heterocycles. The van der Waals surface area contributed by atoms with E-state index in [0.717, 1.165) is 48.3 Å². The summed E-state index contributed by atoms with van der Waals surface area (Å²) in [5.74, 6) is -1.46. The van der Waals surface area contributed by atoms with Crippen molar-refractivity contribution in [1.29, 1.82) is 0 Å². The summed E-state index contributed by atoms with van der Waals surface area (Å²) < 4.78 is 28.8. The minimum absolute atomic E-state index is 0.136. The number of rotatable bonds is 5. The number of halogens is 2. The Morgan fingerprint density at radius 3 is 2.44 bits per heavy atom. The first kappa shape index (κ1) is 23.8. The molecule has 3 aromatic carbocycles. The van der Waals surface area contributed by atoms with E-state index in [1.807, 2.05) is 48.5 Å². The molecule has 0 spiro atoms. The smallest absolute Gasteiger partial charge is 0.308 e. The molecule has 3 fully saturated rings. The normalized spacial score (nSPS) is 22.4. The molecule has 0 aliphatic heterocycles. The molecule has 3 N–H and O–H groups in total. The SMILES string of the molecule is O=C(O)[C@@H]1C2CCC(CC2)C1Nc1nc(-c2c[nH]c3c(F)cc(F)cc23)nc2c(-c3ccccc3)cccc12. The molecule has 8 rings (SSSR count). The second-order valence-corrected chi connectivity index (χ2v) is 10.7. The van der Waals surface area contributed by atoms with Crippen molar-refractivity contribution in [2.45, 2.75) is 31.7 Å². The number of nitrogens with one attached hydrogen (secondary N) is 2. The molecule has 1 unspecified atom stereocenters. The van der Waals surface area contributed by atoms with E-state index in [9.17, 15) is 18.7 Å². The quantitative estimate of drug-likeness (QED) is 0.230. The summed E-state index contributed by atoms with van der Waals surface area (Å²) in [5, 5.41) is 14.8. The van der Waals surface area contributed by atoms with Crippen LogP contribution in [0.5, 0.6) is 0 Å². The Balaban J connectivity index is 1.45. The summed E-state index contributed by atoms with van der Waals surface area (Å²) in [6, 6.07) is 17.6. The largest absolute Gasteiger partial charge is 0.481 e. The number of hydrogen-bond donors (Lipinski definition) is 3. The van der Waals surface area contributed by atoms with Crippen LogP contribution < -0.4 is 5.32 Å². The zero-order valence-electron chi connectivity index (χ0n) is 21.0. The second kappa shape index (κ2) is 9.15. The number of H-pyrrole nitrogens is 1. The predicted molar refractivity (Wildman–Crippen MR) is 146 cm³/mol. The molecule has 2 bridgehead atoms. The predicted octanol–water partition coefficient (Wildman–Crippen LogP) is 7.02. The van der Waals surface area contributed by atoms with Crippen molar-refractivity contribution in [3.63, 3.8) is 0 Å². The van der Waals surface area contributed by atoms with Crippen molar-refractivity contribution < 1.29 is 18.7 Å². The Morgan fingerprint density at radius 1 is 0.897 bits per heavy atom. The van der Waals surface area contributed by atoms with Crippen LogP contribution in [-0.4, -0.2) is 32.1 Å². The van der Waals surface area contributed by atoms with E-state index in [1.54, 1.807) is 6.20 Å². The van der Waals surface area contributed by atoms with Crippen LogP contribution >= 0.6 is 0 Å². The van der Waals surface area contributed by atoms with Gasteiger partial charge in [0, 0.05) is 40.2 Å². The number of anilines is 1. The van der Waals surface area contributed by atoms with Gasteiger partial charge in [-0.25, -0.2) is 18.7 Å². The van der Waals surface area contributed by atoms with Gasteiger partial charge in [-0.05, 0) is 55.2 Å². The standard InChI is InChI=1S/C31H26F2N4O2/c32-19-13-22-23(15-34-28(22)24(33)14-19)30-36-27-20(16-5-2-1-3-6-16)7-4-8-21(27)29(37-30)35-26-18-11-9-17(10-12-18)25(26)31(38)39/h1-8,13-15,17-18,25-26,34H,9-12H2,(H,38,39)(H,35,36,37)/t17?,18?,25-,26?/m1/s1. The van der Waals surface area contributed by atoms with Gasteiger partial charge in [-0.1, -0.05) is 42.5 Å². The Bertz CT molecular complexity index is 1730. The van der Waals surface area contributed by atoms with E-state index in [1.165, 1.54) is 6.07 Å². The molecule has 3 aliphatic carbocycles. The monoisotopic (exact) mass is 524 g/mol. The van der Waals surface area contributed by atoms with Gasteiger partial charge in [0.1, 0.15) is 17.5 Å². The highest BCUT2D eigenvalue weighted by atomic mass is 19.1. The van der Waals surface area contributed by atoms with Crippen LogP contribution in [-0.2, 0) is 4.79 Å². The molecule has 6 nitrogen and oxygen atoms in total. The van der Waals surface area contributed by atoms with Gasteiger partial charge in [0.05, 0.1) is 17.0 Å². The third-order valence-corrected chi connectivity index (χ3v) is 8.57. The Kier molecular flexibility index (Phi) is 5.58. The molecule has 0 amide bonds.